The van der Waals surface area contributed by atoms with E-state index in [4.69, 9.17) is 0 Å². The molecule has 3 N–H and O–H groups in total. The number of nitrogens with one attached hydrogen (secondary N) is 3. The molecule has 2 rings (SSSR count). The highest BCUT2D eigenvalue weighted by atomic mass is 16.1. The van der Waals surface area contributed by atoms with Crippen molar-refractivity contribution in [2.45, 2.75) is 57.7 Å². The molecule has 0 atom stereocenters. The van der Waals surface area contributed by atoms with Gasteiger partial charge in [-0.15, -0.1) is 0 Å². The third kappa shape index (κ3) is 3.97. The van der Waals surface area contributed by atoms with Crippen molar-refractivity contribution in [3.63, 3.8) is 0 Å². The van der Waals surface area contributed by atoms with Crippen LogP contribution in [-0.2, 0) is 0 Å². The first kappa shape index (κ1) is 15.8. The summed E-state index contributed by atoms with van der Waals surface area (Å²) in [6.45, 7) is 8.76. The number of hydrogen-bond acceptors (Lipinski definition) is 3. The van der Waals surface area contributed by atoms with Gasteiger partial charge >= 0.3 is 0 Å². The highest BCUT2D eigenvalue weighted by molar-refractivity contribution is 5.99. The molecule has 4 nitrogen and oxygen atoms in total. The first-order chi connectivity index (χ1) is 9.72. The fourth-order valence-electron chi connectivity index (χ4n) is 3.59. The Labute approximate surface area is 127 Å². The molecule has 1 aromatic rings. The second-order valence-electron chi connectivity index (χ2n) is 7.27. The molecule has 0 spiro atoms. The lowest BCUT2D eigenvalue weighted by Crippen LogP contribution is -2.62. The van der Waals surface area contributed by atoms with Gasteiger partial charge in [-0.2, -0.15) is 0 Å². The zero-order valence-corrected chi connectivity index (χ0v) is 13.7. The van der Waals surface area contributed by atoms with E-state index in [1.54, 1.807) is 0 Å². The summed E-state index contributed by atoms with van der Waals surface area (Å²) in [6, 6.07) is 7.79. The predicted octanol–water partition coefficient (Wildman–Crippen LogP) is 2.77. The lowest BCUT2D eigenvalue weighted by Gasteiger charge is -2.46. The van der Waals surface area contributed by atoms with Gasteiger partial charge in [-0.1, -0.05) is 12.1 Å². The number of carbonyl (C=O) groups excluding carboxylic acids is 1. The van der Waals surface area contributed by atoms with Crippen molar-refractivity contribution in [3.05, 3.63) is 29.8 Å². The van der Waals surface area contributed by atoms with Crippen LogP contribution >= 0.6 is 0 Å². The summed E-state index contributed by atoms with van der Waals surface area (Å²) in [5.74, 6) is -0.00144. The minimum atomic E-state index is -0.00144. The van der Waals surface area contributed by atoms with E-state index < -0.39 is 0 Å². The molecule has 1 saturated heterocycles. The highest BCUT2D eigenvalue weighted by Gasteiger charge is 2.38. The van der Waals surface area contributed by atoms with Crippen LogP contribution in [-0.4, -0.2) is 30.1 Å². The molecule has 0 aliphatic carbocycles. The van der Waals surface area contributed by atoms with Crippen molar-refractivity contribution in [2.24, 2.45) is 0 Å². The van der Waals surface area contributed by atoms with Crippen molar-refractivity contribution < 1.29 is 4.79 Å². The minimum absolute atomic E-state index is 0.00144. The van der Waals surface area contributed by atoms with Crippen LogP contribution in [0.1, 0.15) is 50.9 Å². The maximum absolute atomic E-state index is 12.5. The fourth-order valence-corrected chi connectivity index (χ4v) is 3.59. The summed E-state index contributed by atoms with van der Waals surface area (Å²) in [7, 11) is 1.84. The maximum Gasteiger partial charge on any atom is 0.253 e. The van der Waals surface area contributed by atoms with Crippen LogP contribution in [0.5, 0.6) is 0 Å². The van der Waals surface area contributed by atoms with Gasteiger partial charge in [0.05, 0.1) is 5.56 Å². The van der Waals surface area contributed by atoms with Gasteiger partial charge in [-0.05, 0) is 52.7 Å². The largest absolute Gasteiger partial charge is 0.387 e. The molecule has 116 valence electrons. The zero-order chi connectivity index (χ0) is 15.7. The Kier molecular flexibility index (Phi) is 4.28. The van der Waals surface area contributed by atoms with Gasteiger partial charge in [-0.25, -0.2) is 0 Å². The molecule has 0 bridgehead atoms. The summed E-state index contributed by atoms with van der Waals surface area (Å²) < 4.78 is 0. The maximum atomic E-state index is 12.5. The van der Waals surface area contributed by atoms with Crippen LogP contribution in [0.4, 0.5) is 5.69 Å². The quantitative estimate of drug-likeness (QED) is 0.802. The monoisotopic (exact) mass is 289 g/mol. The van der Waals surface area contributed by atoms with Crippen molar-refractivity contribution in [1.29, 1.82) is 0 Å². The molecule has 1 aromatic carbocycles. The number of carbonyl (C=O) groups is 1. The number of hydrogen-bond donors (Lipinski definition) is 3. The van der Waals surface area contributed by atoms with E-state index in [-0.39, 0.29) is 23.0 Å². The van der Waals surface area contributed by atoms with Crippen molar-refractivity contribution in [3.8, 4) is 0 Å². The molecule has 1 heterocycles. The number of benzene rings is 1. The Morgan fingerprint density at radius 2 is 1.71 bits per heavy atom. The molecular formula is C17H27N3O. The first-order valence-corrected chi connectivity index (χ1v) is 7.59. The van der Waals surface area contributed by atoms with E-state index in [1.165, 1.54) is 0 Å². The summed E-state index contributed by atoms with van der Waals surface area (Å²) in [5, 5.41) is 9.91. The van der Waals surface area contributed by atoms with Gasteiger partial charge in [-0.3, -0.25) is 4.79 Å². The van der Waals surface area contributed by atoms with Gasteiger partial charge < -0.3 is 16.0 Å². The molecule has 1 aliphatic rings. The van der Waals surface area contributed by atoms with E-state index in [1.807, 2.05) is 31.3 Å². The van der Waals surface area contributed by atoms with Crippen molar-refractivity contribution in [2.75, 3.05) is 12.4 Å². The van der Waals surface area contributed by atoms with Crippen LogP contribution in [0, 0.1) is 0 Å². The summed E-state index contributed by atoms with van der Waals surface area (Å²) >= 11 is 0. The van der Waals surface area contributed by atoms with Crippen LogP contribution in [0.15, 0.2) is 24.3 Å². The smallest absolute Gasteiger partial charge is 0.253 e. The van der Waals surface area contributed by atoms with Gasteiger partial charge in [0.1, 0.15) is 0 Å². The fraction of sp³-hybridized carbons (Fsp3) is 0.588. The molecule has 1 amide bonds. The third-order valence-electron chi connectivity index (χ3n) is 3.97. The molecule has 1 fully saturated rings. The van der Waals surface area contributed by atoms with Crippen LogP contribution in [0.2, 0.25) is 0 Å². The number of amides is 1. The van der Waals surface area contributed by atoms with Gasteiger partial charge in [0.25, 0.3) is 5.91 Å². The first-order valence-electron chi connectivity index (χ1n) is 7.59. The number of anilines is 1. The number of para-hydroxylation sites is 1. The SMILES string of the molecule is CNc1ccccc1C(=O)NC1CC(C)(C)NC(C)(C)C1. The molecule has 0 saturated carbocycles. The van der Waals surface area contributed by atoms with Crippen molar-refractivity contribution >= 4 is 11.6 Å². The van der Waals surface area contributed by atoms with Crippen LogP contribution in [0.3, 0.4) is 0 Å². The number of piperidine rings is 1. The second-order valence-corrected chi connectivity index (χ2v) is 7.27. The minimum Gasteiger partial charge on any atom is -0.387 e. The highest BCUT2D eigenvalue weighted by Crippen LogP contribution is 2.29. The van der Waals surface area contributed by atoms with Crippen LogP contribution in [0.25, 0.3) is 0 Å². The third-order valence-corrected chi connectivity index (χ3v) is 3.97. The Hall–Kier alpha value is -1.55. The zero-order valence-electron chi connectivity index (χ0n) is 13.7. The summed E-state index contributed by atoms with van der Waals surface area (Å²) in [4.78, 5) is 12.5. The van der Waals surface area contributed by atoms with Gasteiger partial charge in [0.2, 0.25) is 0 Å². The second kappa shape index (κ2) is 5.68. The molecule has 1 aliphatic heterocycles. The lowest BCUT2D eigenvalue weighted by atomic mass is 9.79. The van der Waals surface area contributed by atoms with Crippen LogP contribution < -0.4 is 16.0 Å². The summed E-state index contributed by atoms with van der Waals surface area (Å²) in [5.41, 5.74) is 1.63. The Balaban J connectivity index is 2.12. The van der Waals surface area contributed by atoms with Gasteiger partial charge in [0.15, 0.2) is 0 Å². The van der Waals surface area contributed by atoms with E-state index in [0.717, 1.165) is 18.5 Å². The Morgan fingerprint density at radius 3 is 2.29 bits per heavy atom. The molecule has 0 radical (unpaired) electrons. The molecular weight excluding hydrogens is 262 g/mol. The normalized spacial score (nSPS) is 20.8. The lowest BCUT2D eigenvalue weighted by molar-refractivity contribution is 0.0874. The Bertz CT molecular complexity index is 507. The Morgan fingerprint density at radius 1 is 1.14 bits per heavy atom. The van der Waals surface area contributed by atoms with Crippen molar-refractivity contribution in [1.82, 2.24) is 10.6 Å². The van der Waals surface area contributed by atoms with E-state index in [9.17, 15) is 4.79 Å². The standard InChI is InChI=1S/C17H27N3O/c1-16(2)10-12(11-17(3,4)20-16)19-15(21)13-8-6-7-9-14(13)18-5/h6-9,12,18,20H,10-11H2,1-5H3,(H,19,21). The average Bonchev–Trinajstić information content (AvgIpc) is 2.34. The summed E-state index contributed by atoms with van der Waals surface area (Å²) in [6.07, 6.45) is 1.87. The van der Waals surface area contributed by atoms with Gasteiger partial charge in [0, 0.05) is 29.9 Å². The average molecular weight is 289 g/mol. The molecule has 0 aromatic heterocycles. The topological polar surface area (TPSA) is 53.2 Å². The molecule has 21 heavy (non-hydrogen) atoms. The van der Waals surface area contributed by atoms with E-state index in [0.29, 0.717) is 5.56 Å². The molecule has 4 heteroatoms. The molecule has 0 unspecified atom stereocenters. The van der Waals surface area contributed by atoms with E-state index in [2.05, 4.69) is 43.6 Å². The predicted molar refractivity (Wildman–Crippen MR) is 87.8 cm³/mol. The van der Waals surface area contributed by atoms with E-state index >= 15 is 0 Å². The number of rotatable bonds is 3.